The van der Waals surface area contributed by atoms with Gasteiger partial charge in [-0.05, 0) is 41.6 Å². The lowest BCUT2D eigenvalue weighted by Gasteiger charge is -2.15. The molecule has 0 aliphatic heterocycles. The Morgan fingerprint density at radius 2 is 1.71 bits per heavy atom. The second kappa shape index (κ2) is 12.0. The summed E-state index contributed by atoms with van der Waals surface area (Å²) in [6.07, 6.45) is 20.1. The van der Waals surface area contributed by atoms with Crippen molar-refractivity contribution in [2.75, 3.05) is 0 Å². The Morgan fingerprint density at radius 1 is 1.00 bits per heavy atom. The second-order valence-electron chi connectivity index (χ2n) is 4.33. The molecule has 0 unspecified atom stereocenters. The largest absolute Gasteiger partial charge is 0.0991 e. The van der Waals surface area contributed by atoms with Gasteiger partial charge in [-0.15, -0.1) is 0 Å². The molecule has 0 heteroatoms. The summed E-state index contributed by atoms with van der Waals surface area (Å²) in [5.74, 6) is 0. The third kappa shape index (κ3) is 6.44. The maximum atomic E-state index is 4.08. The molecular weight excluding hydrogens is 252 g/mol. The van der Waals surface area contributed by atoms with Gasteiger partial charge >= 0.3 is 0 Å². The van der Waals surface area contributed by atoms with Crippen molar-refractivity contribution in [3.8, 4) is 0 Å². The van der Waals surface area contributed by atoms with Crippen molar-refractivity contribution in [3.63, 3.8) is 0 Å². The first-order valence-corrected chi connectivity index (χ1v) is 8.05. The Balaban J connectivity index is 0.000000921. The van der Waals surface area contributed by atoms with Crippen LogP contribution in [-0.2, 0) is 0 Å². The average molecular weight is 282 g/mol. The van der Waals surface area contributed by atoms with Crippen LogP contribution in [0.5, 0.6) is 0 Å². The van der Waals surface area contributed by atoms with E-state index in [9.17, 15) is 0 Å². The Hall–Kier alpha value is -1.82. The fourth-order valence-electron chi connectivity index (χ4n) is 2.15. The topological polar surface area (TPSA) is 0 Å². The van der Waals surface area contributed by atoms with Crippen LogP contribution in [0.4, 0.5) is 0 Å². The molecule has 0 amide bonds. The van der Waals surface area contributed by atoms with Gasteiger partial charge in [0.25, 0.3) is 0 Å². The number of rotatable bonds is 4. The summed E-state index contributed by atoms with van der Waals surface area (Å²) >= 11 is 0. The van der Waals surface area contributed by atoms with Crippen LogP contribution in [0.2, 0.25) is 0 Å². The molecule has 114 valence electrons. The molecule has 0 N–H and O–H groups in total. The maximum Gasteiger partial charge on any atom is -0.00916 e. The van der Waals surface area contributed by atoms with E-state index < -0.39 is 0 Å². The zero-order valence-electron chi connectivity index (χ0n) is 14.2. The number of hydrogen-bond donors (Lipinski definition) is 0. The predicted octanol–water partition coefficient (Wildman–Crippen LogP) is 6.87. The summed E-state index contributed by atoms with van der Waals surface area (Å²) in [7, 11) is 0. The summed E-state index contributed by atoms with van der Waals surface area (Å²) in [4.78, 5) is 0. The standard InChI is InChI=1S/C17H18.2C2H6/c1-3-4-7-14(2)15-10-12-17(13-11-15)16-8-5-6-9-16;2*1-2/h3-8,10,12H,1-2,9,11,13H2;2*1-2H3/b7-4-;;. The quantitative estimate of drug-likeness (QED) is 0.493. The molecule has 21 heavy (non-hydrogen) atoms. The van der Waals surface area contributed by atoms with Crippen LogP contribution < -0.4 is 0 Å². The van der Waals surface area contributed by atoms with Crippen molar-refractivity contribution in [1.82, 2.24) is 0 Å². The minimum absolute atomic E-state index is 1.09. The van der Waals surface area contributed by atoms with Crippen LogP contribution in [0.1, 0.15) is 47.0 Å². The van der Waals surface area contributed by atoms with E-state index in [-0.39, 0.29) is 0 Å². The van der Waals surface area contributed by atoms with Crippen LogP contribution in [0.25, 0.3) is 0 Å². The molecule has 0 aromatic rings. The Labute approximate surface area is 131 Å². The molecule has 2 aliphatic rings. The zero-order valence-corrected chi connectivity index (χ0v) is 14.2. The Morgan fingerprint density at radius 3 is 2.19 bits per heavy atom. The molecule has 0 fully saturated rings. The first-order valence-electron chi connectivity index (χ1n) is 8.05. The van der Waals surface area contributed by atoms with Gasteiger partial charge in [0, 0.05) is 0 Å². The highest BCUT2D eigenvalue weighted by Crippen LogP contribution is 2.30. The third-order valence-corrected chi connectivity index (χ3v) is 3.18. The third-order valence-electron chi connectivity index (χ3n) is 3.18. The zero-order chi connectivity index (χ0) is 16.1. The van der Waals surface area contributed by atoms with Gasteiger partial charge in [0.05, 0.1) is 0 Å². The highest BCUT2D eigenvalue weighted by atomic mass is 14.2. The summed E-state index contributed by atoms with van der Waals surface area (Å²) < 4.78 is 0. The van der Waals surface area contributed by atoms with Crippen molar-refractivity contribution in [1.29, 1.82) is 0 Å². The minimum Gasteiger partial charge on any atom is -0.0991 e. The minimum atomic E-state index is 1.09. The molecule has 0 spiro atoms. The number of allylic oxidation sites excluding steroid dienone is 12. The summed E-state index contributed by atoms with van der Waals surface area (Å²) in [6, 6.07) is 0. The van der Waals surface area contributed by atoms with Crippen LogP contribution >= 0.6 is 0 Å². The summed E-state index contributed by atoms with van der Waals surface area (Å²) in [6.45, 7) is 15.7. The molecule has 0 aromatic carbocycles. The molecule has 0 bridgehead atoms. The van der Waals surface area contributed by atoms with Crippen molar-refractivity contribution in [2.24, 2.45) is 0 Å². The van der Waals surface area contributed by atoms with Crippen LogP contribution in [0.15, 0.2) is 84.1 Å². The fourth-order valence-corrected chi connectivity index (χ4v) is 2.15. The molecule has 0 heterocycles. The van der Waals surface area contributed by atoms with Gasteiger partial charge in [-0.2, -0.15) is 0 Å². The van der Waals surface area contributed by atoms with E-state index in [4.69, 9.17) is 0 Å². The molecule has 0 atom stereocenters. The van der Waals surface area contributed by atoms with Crippen molar-refractivity contribution >= 4 is 0 Å². The average Bonchev–Trinajstić information content (AvgIpc) is 3.11. The molecular formula is C21H30. The highest BCUT2D eigenvalue weighted by Gasteiger charge is 2.11. The van der Waals surface area contributed by atoms with Gasteiger partial charge in [-0.1, -0.05) is 89.5 Å². The molecule has 0 saturated heterocycles. The Bertz CT molecular complexity index is 476. The van der Waals surface area contributed by atoms with E-state index in [0.717, 1.165) is 24.8 Å². The molecule has 0 aromatic heterocycles. The Kier molecular flexibility index (Phi) is 10.9. The van der Waals surface area contributed by atoms with Crippen molar-refractivity contribution in [3.05, 3.63) is 84.1 Å². The molecule has 0 radical (unpaired) electrons. The van der Waals surface area contributed by atoms with Gasteiger partial charge < -0.3 is 0 Å². The van der Waals surface area contributed by atoms with E-state index in [1.165, 1.54) is 16.7 Å². The molecule has 2 rings (SSSR count). The second-order valence-corrected chi connectivity index (χ2v) is 4.33. The van der Waals surface area contributed by atoms with E-state index in [1.54, 1.807) is 6.08 Å². The van der Waals surface area contributed by atoms with E-state index >= 15 is 0 Å². The summed E-state index contributed by atoms with van der Waals surface area (Å²) in [5, 5.41) is 0. The SMILES string of the molecule is C=C/C=C\C(=C)C1=CC=C(C2=CC=CC2)CC1.CC.CC. The van der Waals surface area contributed by atoms with Crippen LogP contribution in [0.3, 0.4) is 0 Å². The normalized spacial score (nSPS) is 15.9. The van der Waals surface area contributed by atoms with Gasteiger partial charge in [0.2, 0.25) is 0 Å². The molecule has 2 aliphatic carbocycles. The fraction of sp³-hybridized carbons (Fsp3) is 0.333. The highest BCUT2D eigenvalue weighted by molar-refractivity contribution is 5.48. The first-order chi connectivity index (χ1) is 10.3. The smallest absolute Gasteiger partial charge is 0.00916 e. The summed E-state index contributed by atoms with van der Waals surface area (Å²) in [5.41, 5.74) is 5.36. The van der Waals surface area contributed by atoms with E-state index in [2.05, 4.69) is 43.5 Å². The molecule has 0 saturated carbocycles. The lowest BCUT2D eigenvalue weighted by atomic mass is 9.90. The van der Waals surface area contributed by atoms with Gasteiger partial charge in [0.15, 0.2) is 0 Å². The van der Waals surface area contributed by atoms with E-state index in [0.29, 0.717) is 0 Å². The van der Waals surface area contributed by atoms with Crippen molar-refractivity contribution in [2.45, 2.75) is 47.0 Å². The maximum absolute atomic E-state index is 4.08. The van der Waals surface area contributed by atoms with Crippen LogP contribution in [0, 0.1) is 0 Å². The molecule has 0 nitrogen and oxygen atoms in total. The van der Waals surface area contributed by atoms with Crippen LogP contribution in [-0.4, -0.2) is 0 Å². The van der Waals surface area contributed by atoms with E-state index in [1.807, 2.05) is 39.8 Å². The number of hydrogen-bond acceptors (Lipinski definition) is 0. The lowest BCUT2D eigenvalue weighted by Crippen LogP contribution is -1.96. The van der Waals surface area contributed by atoms with Gasteiger partial charge in [0.1, 0.15) is 0 Å². The predicted molar refractivity (Wildman–Crippen MR) is 98.4 cm³/mol. The monoisotopic (exact) mass is 282 g/mol. The van der Waals surface area contributed by atoms with Crippen molar-refractivity contribution < 1.29 is 0 Å². The lowest BCUT2D eigenvalue weighted by molar-refractivity contribution is 0.919. The van der Waals surface area contributed by atoms with Gasteiger partial charge in [-0.25, -0.2) is 0 Å². The first kappa shape index (κ1) is 19.2. The van der Waals surface area contributed by atoms with Gasteiger partial charge in [-0.3, -0.25) is 0 Å².